The van der Waals surface area contributed by atoms with E-state index in [0.29, 0.717) is 5.02 Å². The first-order chi connectivity index (χ1) is 5.24. The maximum Gasteiger partial charge on any atom is 0.149 e. The molecule has 1 aromatic rings. The Kier molecular flexibility index (Phi) is 2.71. The van der Waals surface area contributed by atoms with Gasteiger partial charge in [-0.15, -0.1) is 0 Å². The van der Waals surface area contributed by atoms with E-state index < -0.39 is 5.82 Å². The highest BCUT2D eigenvalue weighted by atomic mass is 35.5. The largest absolute Gasteiger partial charge is 0.205 e. The first kappa shape index (κ1) is 8.34. The van der Waals surface area contributed by atoms with Gasteiger partial charge in [-0.1, -0.05) is 11.6 Å². The Balaban J connectivity index is 3.22. The average molecular weight is 188 g/mol. The standard InChI is InChI=1S/C7H3ClFNS/c8-5-1-2-6(9)7(3-5)10-4-11/h1-3H. The average Bonchev–Trinajstić information content (AvgIpc) is 1.98. The number of hydrogen-bond donors (Lipinski definition) is 0. The van der Waals surface area contributed by atoms with Gasteiger partial charge in [0.25, 0.3) is 0 Å². The summed E-state index contributed by atoms with van der Waals surface area (Å²) in [7, 11) is 0. The minimum atomic E-state index is -0.452. The number of benzene rings is 1. The van der Waals surface area contributed by atoms with Crippen LogP contribution in [0.2, 0.25) is 5.02 Å². The third-order valence-corrected chi connectivity index (χ3v) is 1.40. The van der Waals surface area contributed by atoms with Crippen molar-refractivity contribution in [1.82, 2.24) is 0 Å². The molecule has 0 spiro atoms. The Morgan fingerprint density at radius 1 is 1.55 bits per heavy atom. The molecule has 0 saturated heterocycles. The van der Waals surface area contributed by atoms with Crippen LogP contribution >= 0.6 is 23.8 Å². The molecule has 56 valence electrons. The van der Waals surface area contributed by atoms with Crippen molar-refractivity contribution >= 4 is 34.7 Å². The molecule has 1 rings (SSSR count). The number of thiocarbonyl (C=S) groups is 1. The molecular formula is C7H3ClFNS. The molecular weight excluding hydrogens is 185 g/mol. The number of aliphatic imine (C=N–C) groups is 1. The smallest absolute Gasteiger partial charge is 0.149 e. The number of isothiocyanates is 1. The van der Waals surface area contributed by atoms with Gasteiger partial charge in [-0.25, -0.2) is 4.39 Å². The second-order valence-electron chi connectivity index (χ2n) is 1.80. The summed E-state index contributed by atoms with van der Waals surface area (Å²) < 4.78 is 12.7. The van der Waals surface area contributed by atoms with Crippen molar-refractivity contribution in [3.05, 3.63) is 29.0 Å². The summed E-state index contributed by atoms with van der Waals surface area (Å²) in [4.78, 5) is 3.47. The molecule has 1 aromatic carbocycles. The summed E-state index contributed by atoms with van der Waals surface area (Å²) in [6, 6.07) is 4.06. The molecule has 0 bridgehead atoms. The summed E-state index contributed by atoms with van der Waals surface area (Å²) in [5.74, 6) is -0.452. The van der Waals surface area contributed by atoms with Gasteiger partial charge in [0.05, 0.1) is 5.16 Å². The third-order valence-electron chi connectivity index (χ3n) is 1.07. The molecule has 0 N–H and O–H groups in total. The lowest BCUT2D eigenvalue weighted by atomic mass is 10.3. The van der Waals surface area contributed by atoms with Gasteiger partial charge >= 0.3 is 0 Å². The third kappa shape index (κ3) is 2.09. The quantitative estimate of drug-likeness (QED) is 0.486. The summed E-state index contributed by atoms with van der Waals surface area (Å²) in [6.07, 6.45) is 0. The van der Waals surface area contributed by atoms with E-state index in [1.165, 1.54) is 18.2 Å². The number of rotatable bonds is 1. The Hall–Kier alpha value is -0.760. The molecule has 0 aliphatic carbocycles. The highest BCUT2D eigenvalue weighted by molar-refractivity contribution is 7.78. The van der Waals surface area contributed by atoms with Crippen LogP contribution in [0, 0.1) is 5.82 Å². The van der Waals surface area contributed by atoms with Gasteiger partial charge in [0.15, 0.2) is 0 Å². The van der Waals surface area contributed by atoms with Crippen LogP contribution in [0.4, 0.5) is 10.1 Å². The molecule has 11 heavy (non-hydrogen) atoms. The number of nitrogens with zero attached hydrogens (tertiary/aromatic N) is 1. The topological polar surface area (TPSA) is 12.4 Å². The first-order valence-electron chi connectivity index (χ1n) is 2.77. The van der Waals surface area contributed by atoms with Crippen LogP contribution in [0.1, 0.15) is 0 Å². The van der Waals surface area contributed by atoms with Crippen molar-refractivity contribution < 1.29 is 4.39 Å². The van der Waals surface area contributed by atoms with E-state index in [1.807, 2.05) is 0 Å². The van der Waals surface area contributed by atoms with Crippen molar-refractivity contribution in [3.63, 3.8) is 0 Å². The Morgan fingerprint density at radius 2 is 2.27 bits per heavy atom. The highest BCUT2D eigenvalue weighted by Gasteiger charge is 1.99. The molecule has 0 aromatic heterocycles. The van der Waals surface area contributed by atoms with Gasteiger partial charge in [-0.3, -0.25) is 0 Å². The predicted octanol–water partition coefficient (Wildman–Crippen LogP) is 3.21. The van der Waals surface area contributed by atoms with Gasteiger partial charge in [0, 0.05) is 5.02 Å². The Bertz CT molecular complexity index is 320. The van der Waals surface area contributed by atoms with Crippen LogP contribution in [0.5, 0.6) is 0 Å². The van der Waals surface area contributed by atoms with Crippen molar-refractivity contribution in [2.75, 3.05) is 0 Å². The van der Waals surface area contributed by atoms with E-state index in [0.717, 1.165) is 0 Å². The minimum Gasteiger partial charge on any atom is -0.205 e. The van der Waals surface area contributed by atoms with Crippen molar-refractivity contribution in [1.29, 1.82) is 0 Å². The van der Waals surface area contributed by atoms with Gasteiger partial charge in [0.2, 0.25) is 0 Å². The van der Waals surface area contributed by atoms with Crippen LogP contribution in [0.3, 0.4) is 0 Å². The Labute approximate surface area is 73.5 Å². The van der Waals surface area contributed by atoms with Crippen molar-refractivity contribution in [3.8, 4) is 0 Å². The van der Waals surface area contributed by atoms with Crippen molar-refractivity contribution in [2.24, 2.45) is 4.99 Å². The zero-order chi connectivity index (χ0) is 8.27. The molecule has 0 aliphatic heterocycles. The maximum absolute atomic E-state index is 12.7. The van der Waals surface area contributed by atoms with Crippen LogP contribution < -0.4 is 0 Å². The molecule has 0 fully saturated rings. The predicted molar refractivity (Wildman–Crippen MR) is 46.1 cm³/mol. The number of hydrogen-bond acceptors (Lipinski definition) is 2. The molecule has 0 atom stereocenters. The van der Waals surface area contributed by atoms with Crippen LogP contribution in [0.15, 0.2) is 23.2 Å². The van der Waals surface area contributed by atoms with Gasteiger partial charge in [0.1, 0.15) is 11.5 Å². The van der Waals surface area contributed by atoms with E-state index in [9.17, 15) is 4.39 Å². The molecule has 4 heteroatoms. The summed E-state index contributed by atoms with van der Waals surface area (Å²) in [6.45, 7) is 0. The number of halogens is 2. The lowest BCUT2D eigenvalue weighted by Crippen LogP contribution is -1.73. The van der Waals surface area contributed by atoms with Gasteiger partial charge < -0.3 is 0 Å². The van der Waals surface area contributed by atoms with Crippen molar-refractivity contribution in [2.45, 2.75) is 0 Å². The molecule has 0 unspecified atom stereocenters. The lowest BCUT2D eigenvalue weighted by molar-refractivity contribution is 0.630. The SMILES string of the molecule is Fc1ccc(Cl)cc1N=C=S. The van der Waals surface area contributed by atoms with E-state index in [2.05, 4.69) is 22.4 Å². The molecule has 0 amide bonds. The molecule has 0 heterocycles. The lowest BCUT2D eigenvalue weighted by Gasteiger charge is -1.93. The fourth-order valence-corrected chi connectivity index (χ4v) is 0.885. The minimum absolute atomic E-state index is 0.118. The zero-order valence-corrected chi connectivity index (χ0v) is 6.92. The van der Waals surface area contributed by atoms with Gasteiger partial charge in [-0.2, -0.15) is 4.99 Å². The molecule has 0 aliphatic rings. The molecule has 0 saturated carbocycles. The monoisotopic (exact) mass is 187 g/mol. The second-order valence-corrected chi connectivity index (χ2v) is 2.42. The summed E-state index contributed by atoms with van der Waals surface area (Å²) in [5, 5.41) is 2.49. The fourth-order valence-electron chi connectivity index (χ4n) is 0.621. The summed E-state index contributed by atoms with van der Waals surface area (Å²) in [5.41, 5.74) is 0.118. The second kappa shape index (κ2) is 3.58. The molecule has 0 radical (unpaired) electrons. The zero-order valence-electron chi connectivity index (χ0n) is 5.34. The van der Waals surface area contributed by atoms with Crippen LogP contribution in [-0.2, 0) is 0 Å². The normalized spacial score (nSPS) is 8.91. The highest BCUT2D eigenvalue weighted by Crippen LogP contribution is 2.21. The van der Waals surface area contributed by atoms with Crippen LogP contribution in [-0.4, -0.2) is 5.16 Å². The van der Waals surface area contributed by atoms with Gasteiger partial charge in [-0.05, 0) is 30.4 Å². The van der Waals surface area contributed by atoms with E-state index >= 15 is 0 Å². The Morgan fingerprint density at radius 3 is 2.91 bits per heavy atom. The van der Waals surface area contributed by atoms with E-state index in [4.69, 9.17) is 11.6 Å². The molecule has 1 nitrogen and oxygen atoms in total. The fraction of sp³-hybridized carbons (Fsp3) is 0. The van der Waals surface area contributed by atoms with E-state index in [-0.39, 0.29) is 5.69 Å². The van der Waals surface area contributed by atoms with Crippen LogP contribution in [0.25, 0.3) is 0 Å². The maximum atomic E-state index is 12.7. The first-order valence-corrected chi connectivity index (χ1v) is 3.55. The summed E-state index contributed by atoms with van der Waals surface area (Å²) >= 11 is 9.87. The van der Waals surface area contributed by atoms with E-state index in [1.54, 1.807) is 0 Å².